The zero-order chi connectivity index (χ0) is 27.6. The molecule has 2 N–H and O–H groups in total. The molecule has 2 aromatic carbocycles. The van der Waals surface area contributed by atoms with Crippen LogP contribution in [0.4, 0.5) is 5.69 Å². The third-order valence-electron chi connectivity index (χ3n) is 8.29. The van der Waals surface area contributed by atoms with Crippen molar-refractivity contribution in [3.8, 4) is 0 Å². The van der Waals surface area contributed by atoms with Gasteiger partial charge in [-0.3, -0.25) is 19.3 Å². The number of piperazine rings is 1. The summed E-state index contributed by atoms with van der Waals surface area (Å²) in [6.45, 7) is 6.88. The molecule has 0 spiro atoms. The molecule has 2 aromatic rings. The highest BCUT2D eigenvalue weighted by Gasteiger charge is 2.30. The van der Waals surface area contributed by atoms with E-state index in [1.807, 2.05) is 35.2 Å². The molecule has 1 unspecified atom stereocenters. The molecule has 2 atom stereocenters. The molecule has 4 rings (SSSR count). The Bertz CT molecular complexity index is 1070. The van der Waals surface area contributed by atoms with Gasteiger partial charge in [-0.25, -0.2) is 0 Å². The Labute approximate surface area is 233 Å². The number of rotatable bonds is 10. The number of carbonyl (C=O) groups excluding carboxylic acids is 3. The molecule has 7 heteroatoms. The van der Waals surface area contributed by atoms with E-state index in [4.69, 9.17) is 0 Å². The quantitative estimate of drug-likeness (QED) is 0.454. The summed E-state index contributed by atoms with van der Waals surface area (Å²) in [7, 11) is 0. The lowest BCUT2D eigenvalue weighted by Crippen LogP contribution is -2.55. The summed E-state index contributed by atoms with van der Waals surface area (Å²) < 4.78 is 0. The number of hydrogen-bond donors (Lipinski definition) is 2. The molecule has 39 heavy (non-hydrogen) atoms. The van der Waals surface area contributed by atoms with Gasteiger partial charge in [0.15, 0.2) is 0 Å². The van der Waals surface area contributed by atoms with Gasteiger partial charge in [0.05, 0.1) is 0 Å². The average molecular weight is 533 g/mol. The van der Waals surface area contributed by atoms with E-state index in [0.29, 0.717) is 44.3 Å². The van der Waals surface area contributed by atoms with Crippen LogP contribution < -0.4 is 10.6 Å². The van der Waals surface area contributed by atoms with Crippen LogP contribution in [0.5, 0.6) is 0 Å². The average Bonchev–Trinajstić information content (AvgIpc) is 2.98. The normalized spacial score (nSPS) is 18.3. The van der Waals surface area contributed by atoms with E-state index in [0.717, 1.165) is 37.2 Å². The maximum absolute atomic E-state index is 13.5. The summed E-state index contributed by atoms with van der Waals surface area (Å²) in [5.74, 6) is 0.402. The van der Waals surface area contributed by atoms with Gasteiger partial charge in [0.1, 0.15) is 6.04 Å². The van der Waals surface area contributed by atoms with Crippen LogP contribution in [0.25, 0.3) is 0 Å². The van der Waals surface area contributed by atoms with E-state index in [2.05, 4.69) is 46.7 Å². The first kappa shape index (κ1) is 28.8. The maximum atomic E-state index is 13.5. The second kappa shape index (κ2) is 14.3. The number of nitrogens with zero attached hydrogens (tertiary/aromatic N) is 2. The molecule has 1 saturated carbocycles. The zero-order valence-electron chi connectivity index (χ0n) is 23.5. The number of anilines is 1. The standard InChI is InChI=1S/C32H44N4O3/c1-3-30(37)34-29(32(39)36-20-18-35(19-21-36)24(2)27-12-8-5-9-13-27)22-26-14-16-28(17-15-26)33-31(38)23-25-10-6-4-7-11-25/h5,8-9,12-17,24-25,29H,3-4,6-7,10-11,18-23H2,1-2H3,(H,33,38)(H,34,37)/t24?,29-/m1/s1. The SMILES string of the molecule is CCC(=O)N[C@H](Cc1ccc(NC(=O)CC2CCCCC2)cc1)C(=O)N1CCN(C(C)c2ccccc2)CC1. The molecule has 1 aliphatic carbocycles. The van der Waals surface area contributed by atoms with E-state index in [1.165, 1.54) is 24.8 Å². The number of carbonyl (C=O) groups is 3. The van der Waals surface area contributed by atoms with Crippen LogP contribution in [0.1, 0.15) is 76.0 Å². The van der Waals surface area contributed by atoms with E-state index in [1.54, 1.807) is 6.92 Å². The number of amides is 3. The smallest absolute Gasteiger partial charge is 0.245 e. The van der Waals surface area contributed by atoms with Crippen LogP contribution >= 0.6 is 0 Å². The third-order valence-corrected chi connectivity index (χ3v) is 8.29. The molecule has 0 radical (unpaired) electrons. The molecule has 1 saturated heterocycles. The monoisotopic (exact) mass is 532 g/mol. The Hall–Kier alpha value is -3.19. The number of nitrogens with one attached hydrogen (secondary N) is 2. The van der Waals surface area contributed by atoms with Gasteiger partial charge >= 0.3 is 0 Å². The summed E-state index contributed by atoms with van der Waals surface area (Å²) in [6, 6.07) is 17.8. The van der Waals surface area contributed by atoms with Gasteiger partial charge in [-0.1, -0.05) is 68.7 Å². The fourth-order valence-electron chi connectivity index (χ4n) is 5.81. The van der Waals surface area contributed by atoms with Gasteiger partial charge < -0.3 is 15.5 Å². The minimum absolute atomic E-state index is 0.0336. The van der Waals surface area contributed by atoms with Crippen molar-refractivity contribution < 1.29 is 14.4 Å². The van der Waals surface area contributed by atoms with Crippen LogP contribution in [-0.2, 0) is 20.8 Å². The molecule has 2 aliphatic rings. The van der Waals surface area contributed by atoms with Crippen molar-refractivity contribution in [1.29, 1.82) is 0 Å². The van der Waals surface area contributed by atoms with E-state index in [-0.39, 0.29) is 17.7 Å². The van der Waals surface area contributed by atoms with Gasteiger partial charge in [-0.2, -0.15) is 0 Å². The van der Waals surface area contributed by atoms with Crippen LogP contribution in [-0.4, -0.2) is 59.7 Å². The number of benzene rings is 2. The molecular formula is C32H44N4O3. The van der Waals surface area contributed by atoms with Crippen LogP contribution in [0, 0.1) is 5.92 Å². The van der Waals surface area contributed by atoms with Crippen molar-refractivity contribution in [2.75, 3.05) is 31.5 Å². The molecule has 2 fully saturated rings. The Morgan fingerprint density at radius 3 is 2.18 bits per heavy atom. The highest BCUT2D eigenvalue weighted by molar-refractivity contribution is 5.91. The summed E-state index contributed by atoms with van der Waals surface area (Å²) in [4.78, 5) is 42.6. The van der Waals surface area contributed by atoms with Gasteiger partial charge in [0.2, 0.25) is 17.7 Å². The molecule has 210 valence electrons. The van der Waals surface area contributed by atoms with Gasteiger partial charge in [0, 0.05) is 57.2 Å². The van der Waals surface area contributed by atoms with E-state index in [9.17, 15) is 14.4 Å². The molecule has 0 bridgehead atoms. The Morgan fingerprint density at radius 1 is 0.872 bits per heavy atom. The zero-order valence-corrected chi connectivity index (χ0v) is 23.5. The predicted octanol–water partition coefficient (Wildman–Crippen LogP) is 4.94. The van der Waals surface area contributed by atoms with Crippen molar-refractivity contribution in [3.05, 3.63) is 65.7 Å². The second-order valence-electron chi connectivity index (χ2n) is 11.1. The van der Waals surface area contributed by atoms with E-state index < -0.39 is 6.04 Å². The lowest BCUT2D eigenvalue weighted by atomic mass is 9.87. The summed E-state index contributed by atoms with van der Waals surface area (Å²) in [5.41, 5.74) is 2.99. The molecule has 7 nitrogen and oxygen atoms in total. The highest BCUT2D eigenvalue weighted by Crippen LogP contribution is 2.27. The molecule has 3 amide bonds. The summed E-state index contributed by atoms with van der Waals surface area (Å²) >= 11 is 0. The maximum Gasteiger partial charge on any atom is 0.245 e. The Balaban J connectivity index is 1.32. The topological polar surface area (TPSA) is 81.8 Å². The van der Waals surface area contributed by atoms with Gasteiger partial charge in [0.25, 0.3) is 0 Å². The lowest BCUT2D eigenvalue weighted by molar-refractivity contribution is -0.138. The van der Waals surface area contributed by atoms with Crippen molar-refractivity contribution >= 4 is 23.4 Å². The highest BCUT2D eigenvalue weighted by atomic mass is 16.2. The first-order chi connectivity index (χ1) is 18.9. The van der Waals surface area contributed by atoms with Gasteiger partial charge in [-0.05, 0) is 48.9 Å². The third kappa shape index (κ3) is 8.40. The Kier molecular flexibility index (Phi) is 10.5. The van der Waals surface area contributed by atoms with Crippen LogP contribution in [0.3, 0.4) is 0 Å². The summed E-state index contributed by atoms with van der Waals surface area (Å²) in [5, 5.41) is 5.97. The second-order valence-corrected chi connectivity index (χ2v) is 11.1. The van der Waals surface area contributed by atoms with Crippen molar-refractivity contribution in [2.24, 2.45) is 5.92 Å². The number of hydrogen-bond acceptors (Lipinski definition) is 4. The van der Waals surface area contributed by atoms with Gasteiger partial charge in [-0.15, -0.1) is 0 Å². The van der Waals surface area contributed by atoms with Crippen molar-refractivity contribution in [2.45, 2.75) is 77.3 Å². The van der Waals surface area contributed by atoms with E-state index >= 15 is 0 Å². The van der Waals surface area contributed by atoms with Crippen LogP contribution in [0.2, 0.25) is 0 Å². The predicted molar refractivity (Wildman–Crippen MR) is 155 cm³/mol. The van der Waals surface area contributed by atoms with Crippen molar-refractivity contribution in [1.82, 2.24) is 15.1 Å². The fraction of sp³-hybridized carbons (Fsp3) is 0.531. The minimum Gasteiger partial charge on any atom is -0.344 e. The largest absolute Gasteiger partial charge is 0.344 e. The van der Waals surface area contributed by atoms with Crippen molar-refractivity contribution in [3.63, 3.8) is 0 Å². The molecular weight excluding hydrogens is 488 g/mol. The first-order valence-electron chi connectivity index (χ1n) is 14.7. The van der Waals surface area contributed by atoms with Crippen LogP contribution in [0.15, 0.2) is 54.6 Å². The lowest BCUT2D eigenvalue weighted by Gasteiger charge is -2.39. The molecule has 0 aromatic heterocycles. The first-order valence-corrected chi connectivity index (χ1v) is 14.7. The molecule has 1 heterocycles. The summed E-state index contributed by atoms with van der Waals surface area (Å²) in [6.07, 6.45) is 7.36. The molecule has 1 aliphatic heterocycles. The minimum atomic E-state index is -0.609. The fourth-order valence-corrected chi connectivity index (χ4v) is 5.81. The Morgan fingerprint density at radius 2 is 1.54 bits per heavy atom.